The van der Waals surface area contributed by atoms with E-state index in [1.54, 1.807) is 23.1 Å². The van der Waals surface area contributed by atoms with Crippen molar-refractivity contribution in [2.75, 3.05) is 39.4 Å². The summed E-state index contributed by atoms with van der Waals surface area (Å²) in [6.45, 7) is 13.9. The number of ketones is 1. The molecule has 0 spiro atoms. The van der Waals surface area contributed by atoms with Gasteiger partial charge in [-0.15, -0.1) is 0 Å². The zero-order valence-electron chi connectivity index (χ0n) is 22.0. The van der Waals surface area contributed by atoms with Crippen LogP contribution in [-0.4, -0.2) is 66.0 Å². The Labute approximate surface area is 214 Å². The number of amides is 1. The fraction of sp³-hybridized carbons (Fsp3) is 0.448. The fourth-order valence-corrected chi connectivity index (χ4v) is 4.57. The summed E-state index contributed by atoms with van der Waals surface area (Å²) in [5.74, 6) is -0.301. The quantitative estimate of drug-likeness (QED) is 0.256. The van der Waals surface area contributed by atoms with E-state index in [2.05, 4.69) is 18.7 Å². The first-order valence-electron chi connectivity index (χ1n) is 12.8. The lowest BCUT2D eigenvalue weighted by Gasteiger charge is -2.27. The van der Waals surface area contributed by atoms with Gasteiger partial charge in [0.05, 0.1) is 24.8 Å². The van der Waals surface area contributed by atoms with E-state index < -0.39 is 17.7 Å². The van der Waals surface area contributed by atoms with Gasteiger partial charge < -0.3 is 24.4 Å². The molecule has 1 saturated heterocycles. The van der Waals surface area contributed by atoms with Crippen LogP contribution in [0, 0.1) is 6.92 Å². The zero-order chi connectivity index (χ0) is 26.2. The largest absolute Gasteiger partial charge is 0.507 e. The van der Waals surface area contributed by atoms with Crippen LogP contribution >= 0.6 is 0 Å². The number of likely N-dealkylation sites (tertiary alicyclic amines) is 1. The first kappa shape index (κ1) is 27.3. The van der Waals surface area contributed by atoms with Crippen LogP contribution in [0.5, 0.6) is 11.5 Å². The summed E-state index contributed by atoms with van der Waals surface area (Å²) in [5, 5.41) is 11.3. The summed E-state index contributed by atoms with van der Waals surface area (Å²) < 4.78 is 11.5. The molecule has 2 aromatic rings. The minimum Gasteiger partial charge on any atom is -0.507 e. The molecule has 194 valence electrons. The predicted molar refractivity (Wildman–Crippen MR) is 141 cm³/mol. The normalized spacial score (nSPS) is 17.2. The van der Waals surface area contributed by atoms with Crippen LogP contribution < -0.4 is 9.47 Å². The number of hydrogen-bond donors (Lipinski definition) is 1. The molecule has 1 N–H and O–H groups in total. The van der Waals surface area contributed by atoms with Gasteiger partial charge in [0.25, 0.3) is 11.7 Å². The van der Waals surface area contributed by atoms with Gasteiger partial charge in [-0.2, -0.15) is 0 Å². The summed E-state index contributed by atoms with van der Waals surface area (Å²) in [7, 11) is 0. The molecule has 0 saturated carbocycles. The number of hydrogen-bond acceptors (Lipinski definition) is 6. The maximum atomic E-state index is 13.3. The predicted octanol–water partition coefficient (Wildman–Crippen LogP) is 4.95. The van der Waals surface area contributed by atoms with E-state index in [0.717, 1.165) is 25.2 Å². The summed E-state index contributed by atoms with van der Waals surface area (Å²) in [6, 6.07) is 12.0. The molecular weight excluding hydrogens is 456 g/mol. The Kier molecular flexibility index (Phi) is 9.53. The van der Waals surface area contributed by atoms with E-state index in [1.807, 2.05) is 45.0 Å². The van der Waals surface area contributed by atoms with Crippen molar-refractivity contribution in [1.29, 1.82) is 0 Å². The van der Waals surface area contributed by atoms with Crippen LogP contribution in [0.15, 0.2) is 48.0 Å². The minimum absolute atomic E-state index is 0.0956. The second-order valence-corrected chi connectivity index (χ2v) is 8.81. The van der Waals surface area contributed by atoms with Gasteiger partial charge in [-0.05, 0) is 64.5 Å². The topological polar surface area (TPSA) is 79.3 Å². The highest BCUT2D eigenvalue weighted by Gasteiger charge is 2.46. The van der Waals surface area contributed by atoms with Gasteiger partial charge in [0.1, 0.15) is 5.76 Å². The highest BCUT2D eigenvalue weighted by Crippen LogP contribution is 2.42. The van der Waals surface area contributed by atoms with Crippen LogP contribution in [0.4, 0.5) is 0 Å². The van der Waals surface area contributed by atoms with Crippen molar-refractivity contribution in [3.8, 4) is 11.5 Å². The molecular formula is C29H38N2O5. The van der Waals surface area contributed by atoms with Crippen molar-refractivity contribution < 1.29 is 24.2 Å². The Bertz CT molecular complexity index is 1090. The molecule has 1 fully saturated rings. The van der Waals surface area contributed by atoms with Crippen LogP contribution in [0.1, 0.15) is 56.8 Å². The molecule has 1 heterocycles. The third kappa shape index (κ3) is 5.90. The van der Waals surface area contributed by atoms with Gasteiger partial charge >= 0.3 is 0 Å². The van der Waals surface area contributed by atoms with Gasteiger partial charge in [0, 0.05) is 12.1 Å². The molecule has 0 radical (unpaired) electrons. The number of benzene rings is 2. The number of aliphatic hydroxyl groups is 1. The lowest BCUT2D eigenvalue weighted by Crippen LogP contribution is -2.33. The standard InChI is InChI=1S/C29H38N2O5/c1-6-30(7-2)17-10-18-31-26(22-15-16-23(35-8-3)24(19-22)36-9-4)25(28(33)29(31)34)27(32)21-13-11-20(5)12-14-21/h11-16,19,26,32H,6-10,17-18H2,1-5H3/t26-/m1/s1. The number of Topliss-reactive ketones (excluding diaryl/α,β-unsaturated/α-hetero) is 1. The second kappa shape index (κ2) is 12.6. The van der Waals surface area contributed by atoms with Crippen molar-refractivity contribution in [1.82, 2.24) is 9.80 Å². The van der Waals surface area contributed by atoms with Crippen molar-refractivity contribution in [2.45, 2.75) is 47.1 Å². The van der Waals surface area contributed by atoms with Gasteiger partial charge in [0.15, 0.2) is 11.5 Å². The van der Waals surface area contributed by atoms with Gasteiger partial charge in [0.2, 0.25) is 0 Å². The number of aliphatic hydroxyl groups excluding tert-OH is 1. The number of aryl methyl sites for hydroxylation is 1. The number of carbonyl (C=O) groups excluding carboxylic acids is 2. The smallest absolute Gasteiger partial charge is 0.295 e. The van der Waals surface area contributed by atoms with Crippen LogP contribution in [0.2, 0.25) is 0 Å². The molecule has 7 heteroatoms. The zero-order valence-corrected chi connectivity index (χ0v) is 22.0. The molecule has 0 unspecified atom stereocenters. The summed E-state index contributed by atoms with van der Waals surface area (Å²) >= 11 is 0. The van der Waals surface area contributed by atoms with Crippen molar-refractivity contribution in [3.63, 3.8) is 0 Å². The molecule has 0 aromatic heterocycles. The highest BCUT2D eigenvalue weighted by atomic mass is 16.5. The van der Waals surface area contributed by atoms with Gasteiger partial charge in [-0.1, -0.05) is 49.7 Å². The van der Waals surface area contributed by atoms with E-state index in [1.165, 1.54) is 0 Å². The Morgan fingerprint density at radius 2 is 1.58 bits per heavy atom. The number of ether oxygens (including phenoxy) is 2. The molecule has 36 heavy (non-hydrogen) atoms. The Morgan fingerprint density at radius 1 is 0.944 bits per heavy atom. The maximum Gasteiger partial charge on any atom is 0.295 e. The molecule has 3 rings (SSSR count). The number of carbonyl (C=O) groups is 2. The monoisotopic (exact) mass is 494 g/mol. The summed E-state index contributed by atoms with van der Waals surface area (Å²) in [5.41, 5.74) is 2.33. The average Bonchev–Trinajstić information content (AvgIpc) is 3.13. The first-order chi connectivity index (χ1) is 17.4. The summed E-state index contributed by atoms with van der Waals surface area (Å²) in [6.07, 6.45) is 0.713. The van der Waals surface area contributed by atoms with Crippen molar-refractivity contribution in [3.05, 3.63) is 64.7 Å². The maximum absolute atomic E-state index is 13.3. The number of rotatable bonds is 12. The Hall–Kier alpha value is -3.32. The molecule has 7 nitrogen and oxygen atoms in total. The van der Waals surface area contributed by atoms with Crippen molar-refractivity contribution >= 4 is 17.4 Å². The molecule has 1 aliphatic heterocycles. The lowest BCUT2D eigenvalue weighted by atomic mass is 9.94. The number of nitrogens with zero attached hydrogens (tertiary/aromatic N) is 2. The van der Waals surface area contributed by atoms with Crippen LogP contribution in [0.3, 0.4) is 0 Å². The molecule has 1 aliphatic rings. The van der Waals surface area contributed by atoms with E-state index in [0.29, 0.717) is 48.8 Å². The van der Waals surface area contributed by atoms with Crippen LogP contribution in [0.25, 0.3) is 5.76 Å². The molecule has 0 bridgehead atoms. The van der Waals surface area contributed by atoms with Crippen molar-refractivity contribution in [2.24, 2.45) is 0 Å². The Balaban J connectivity index is 2.09. The molecule has 1 amide bonds. The SMILES string of the molecule is CCOc1ccc([C@@H]2C(=C(O)c3ccc(C)cc3)C(=O)C(=O)N2CCCN(CC)CC)cc1OCC. The van der Waals surface area contributed by atoms with E-state index in [4.69, 9.17) is 9.47 Å². The third-order valence-electron chi connectivity index (χ3n) is 6.52. The van der Waals surface area contributed by atoms with E-state index in [9.17, 15) is 14.7 Å². The molecule has 0 aliphatic carbocycles. The highest BCUT2D eigenvalue weighted by molar-refractivity contribution is 6.46. The minimum atomic E-state index is -0.724. The van der Waals surface area contributed by atoms with Gasteiger partial charge in [-0.25, -0.2) is 0 Å². The first-order valence-corrected chi connectivity index (χ1v) is 12.8. The summed E-state index contributed by atoms with van der Waals surface area (Å²) in [4.78, 5) is 30.4. The Morgan fingerprint density at radius 3 is 2.19 bits per heavy atom. The molecule has 1 atom stereocenters. The average molecular weight is 495 g/mol. The fourth-order valence-electron chi connectivity index (χ4n) is 4.57. The van der Waals surface area contributed by atoms with E-state index >= 15 is 0 Å². The van der Waals surface area contributed by atoms with Crippen LogP contribution in [-0.2, 0) is 9.59 Å². The molecule has 2 aromatic carbocycles. The van der Waals surface area contributed by atoms with E-state index in [-0.39, 0.29) is 11.3 Å². The third-order valence-corrected chi connectivity index (χ3v) is 6.52. The lowest BCUT2D eigenvalue weighted by molar-refractivity contribution is -0.140. The second-order valence-electron chi connectivity index (χ2n) is 8.81. The van der Waals surface area contributed by atoms with Gasteiger partial charge in [-0.3, -0.25) is 9.59 Å².